The Morgan fingerprint density at radius 3 is 2.55 bits per heavy atom. The summed E-state index contributed by atoms with van der Waals surface area (Å²) in [7, 11) is 0. The first kappa shape index (κ1) is 15.4. The van der Waals surface area contributed by atoms with Gasteiger partial charge in [-0.3, -0.25) is 15.6 Å². The van der Waals surface area contributed by atoms with Gasteiger partial charge in [0.2, 0.25) is 0 Å². The molecule has 2 aromatic carbocycles. The van der Waals surface area contributed by atoms with Crippen molar-refractivity contribution in [3.63, 3.8) is 0 Å². The zero-order chi connectivity index (χ0) is 15.8. The fraction of sp³-hybridized carbons (Fsp3) is 0.118. The number of ether oxygens (including phenoxy) is 1. The lowest BCUT2D eigenvalue weighted by atomic mass is 10.1. The number of carbonyl (C=O) groups is 1. The Bertz CT molecular complexity index is 681. The molecular formula is C17H17N3O2. The molecule has 0 radical (unpaired) electrons. The van der Waals surface area contributed by atoms with Crippen LogP contribution in [0.5, 0.6) is 5.75 Å². The third-order valence-electron chi connectivity index (χ3n) is 2.91. The smallest absolute Gasteiger partial charge is 0.172 e. The van der Waals surface area contributed by atoms with Crippen molar-refractivity contribution in [2.75, 3.05) is 12.0 Å². The minimum Gasteiger partial charge on any atom is -0.492 e. The van der Waals surface area contributed by atoms with Gasteiger partial charge < -0.3 is 4.74 Å². The van der Waals surface area contributed by atoms with Gasteiger partial charge in [0.25, 0.3) is 0 Å². The molecule has 0 heterocycles. The Labute approximate surface area is 129 Å². The molecule has 2 aromatic rings. The van der Waals surface area contributed by atoms with Crippen molar-refractivity contribution in [2.24, 2.45) is 5.10 Å². The molecule has 112 valence electrons. The van der Waals surface area contributed by atoms with Crippen molar-refractivity contribution in [2.45, 2.75) is 6.92 Å². The molecule has 5 heteroatoms. The summed E-state index contributed by atoms with van der Waals surface area (Å²) in [5.41, 5.74) is 4.16. The van der Waals surface area contributed by atoms with Gasteiger partial charge in [-0.2, -0.15) is 5.10 Å². The van der Waals surface area contributed by atoms with Gasteiger partial charge in [0.1, 0.15) is 11.5 Å². The molecule has 0 aliphatic heterocycles. The molecule has 0 aliphatic carbocycles. The van der Waals surface area contributed by atoms with E-state index in [4.69, 9.17) is 10.1 Å². The fourth-order valence-corrected chi connectivity index (χ4v) is 1.85. The second kappa shape index (κ2) is 7.73. The van der Waals surface area contributed by atoms with Crippen molar-refractivity contribution < 1.29 is 9.53 Å². The highest BCUT2D eigenvalue weighted by molar-refractivity contribution is 6.64. The van der Waals surface area contributed by atoms with Crippen molar-refractivity contribution in [1.29, 1.82) is 5.41 Å². The minimum atomic E-state index is 0.0255. The van der Waals surface area contributed by atoms with Crippen molar-refractivity contribution >= 4 is 23.4 Å². The number of hydrazone groups is 1. The molecule has 2 rings (SSSR count). The maximum Gasteiger partial charge on any atom is 0.172 e. The molecule has 0 saturated carbocycles. The van der Waals surface area contributed by atoms with E-state index in [1.54, 1.807) is 18.2 Å². The van der Waals surface area contributed by atoms with Gasteiger partial charge in [-0.05, 0) is 19.1 Å². The summed E-state index contributed by atoms with van der Waals surface area (Å²) in [6, 6.07) is 16.3. The normalized spacial score (nSPS) is 10.9. The zero-order valence-electron chi connectivity index (χ0n) is 12.2. The van der Waals surface area contributed by atoms with Crippen LogP contribution in [0.25, 0.3) is 0 Å². The van der Waals surface area contributed by atoms with E-state index in [1.807, 2.05) is 43.3 Å². The molecule has 0 aliphatic rings. The monoisotopic (exact) mass is 295 g/mol. The lowest BCUT2D eigenvalue weighted by Crippen LogP contribution is -2.17. The topological polar surface area (TPSA) is 74.5 Å². The van der Waals surface area contributed by atoms with Crippen LogP contribution in [0.2, 0.25) is 0 Å². The van der Waals surface area contributed by atoms with Gasteiger partial charge >= 0.3 is 0 Å². The predicted molar refractivity (Wildman–Crippen MR) is 88.0 cm³/mol. The van der Waals surface area contributed by atoms with Gasteiger partial charge in [-0.15, -0.1) is 0 Å². The Balaban J connectivity index is 2.20. The number of hydrogen-bond acceptors (Lipinski definition) is 5. The largest absolute Gasteiger partial charge is 0.492 e. The number of aldehydes is 1. The standard InChI is InChI=1S/C17H17N3O2/c1-2-22-16-11-7-6-10-14(16)19-20-15(12-21)17(18)13-8-4-3-5-9-13/h3-12,18-19H,2H2,1H3/b18-17?,20-15-. The van der Waals surface area contributed by atoms with Crippen LogP contribution in [-0.2, 0) is 4.79 Å². The molecule has 0 spiro atoms. The molecule has 0 aromatic heterocycles. The van der Waals surface area contributed by atoms with Gasteiger partial charge in [-0.1, -0.05) is 42.5 Å². The van der Waals surface area contributed by atoms with Gasteiger partial charge in [0, 0.05) is 5.56 Å². The van der Waals surface area contributed by atoms with E-state index in [1.165, 1.54) is 0 Å². The van der Waals surface area contributed by atoms with Crippen molar-refractivity contribution in [3.8, 4) is 5.75 Å². The second-order valence-corrected chi connectivity index (χ2v) is 4.40. The SMILES string of the molecule is CCOc1ccccc1N/N=C(/C=O)C(=N)c1ccccc1. The molecule has 0 bridgehead atoms. The lowest BCUT2D eigenvalue weighted by Gasteiger charge is -2.09. The van der Waals surface area contributed by atoms with E-state index >= 15 is 0 Å². The number of nitrogens with zero attached hydrogens (tertiary/aromatic N) is 1. The third kappa shape index (κ3) is 3.79. The van der Waals surface area contributed by atoms with Crippen LogP contribution in [0.15, 0.2) is 59.7 Å². The number of anilines is 1. The molecule has 0 amide bonds. The molecule has 0 fully saturated rings. The molecule has 2 N–H and O–H groups in total. The number of carbonyl (C=O) groups excluding carboxylic acids is 1. The molecule has 0 saturated heterocycles. The Morgan fingerprint density at radius 2 is 1.86 bits per heavy atom. The van der Waals surface area contributed by atoms with Crippen LogP contribution in [0.3, 0.4) is 0 Å². The first-order valence-electron chi connectivity index (χ1n) is 6.91. The summed E-state index contributed by atoms with van der Waals surface area (Å²) in [6.07, 6.45) is 0.561. The summed E-state index contributed by atoms with van der Waals surface area (Å²) in [5.74, 6) is 0.644. The first-order valence-corrected chi connectivity index (χ1v) is 6.91. The number of hydrogen-bond donors (Lipinski definition) is 2. The van der Waals surface area contributed by atoms with E-state index in [0.29, 0.717) is 29.9 Å². The van der Waals surface area contributed by atoms with Crippen molar-refractivity contribution in [1.82, 2.24) is 0 Å². The van der Waals surface area contributed by atoms with Gasteiger partial charge in [-0.25, -0.2) is 0 Å². The Hall–Kier alpha value is -2.95. The van der Waals surface area contributed by atoms with E-state index in [2.05, 4.69) is 10.5 Å². The van der Waals surface area contributed by atoms with E-state index in [0.717, 1.165) is 0 Å². The number of para-hydroxylation sites is 2. The van der Waals surface area contributed by atoms with E-state index < -0.39 is 0 Å². The lowest BCUT2D eigenvalue weighted by molar-refractivity contribution is -0.102. The summed E-state index contributed by atoms with van der Waals surface area (Å²) >= 11 is 0. The Morgan fingerprint density at radius 1 is 1.18 bits per heavy atom. The summed E-state index contributed by atoms with van der Waals surface area (Å²) in [5, 5.41) is 12.1. The molecule has 22 heavy (non-hydrogen) atoms. The van der Waals surface area contributed by atoms with Crippen LogP contribution in [-0.4, -0.2) is 24.3 Å². The molecular weight excluding hydrogens is 278 g/mol. The van der Waals surface area contributed by atoms with Crippen molar-refractivity contribution in [3.05, 3.63) is 60.2 Å². The quantitative estimate of drug-likeness (QED) is 0.468. The van der Waals surface area contributed by atoms with E-state index in [9.17, 15) is 4.79 Å². The minimum absolute atomic E-state index is 0.0255. The highest BCUT2D eigenvalue weighted by atomic mass is 16.5. The maximum absolute atomic E-state index is 11.2. The van der Waals surface area contributed by atoms with Crippen LogP contribution in [0.1, 0.15) is 12.5 Å². The molecule has 0 unspecified atom stereocenters. The number of benzene rings is 2. The summed E-state index contributed by atoms with van der Waals surface area (Å²) in [4.78, 5) is 11.2. The predicted octanol–water partition coefficient (Wildman–Crippen LogP) is 3.12. The highest BCUT2D eigenvalue weighted by Crippen LogP contribution is 2.23. The first-order chi connectivity index (χ1) is 10.8. The average Bonchev–Trinajstić information content (AvgIpc) is 2.57. The van der Waals surface area contributed by atoms with Gasteiger partial charge in [0.15, 0.2) is 6.29 Å². The maximum atomic E-state index is 11.2. The Kier molecular flexibility index (Phi) is 5.43. The van der Waals surface area contributed by atoms with Crippen LogP contribution < -0.4 is 10.2 Å². The summed E-state index contributed by atoms with van der Waals surface area (Å²) in [6.45, 7) is 2.42. The average molecular weight is 295 g/mol. The van der Waals surface area contributed by atoms with E-state index in [-0.39, 0.29) is 11.4 Å². The third-order valence-corrected chi connectivity index (χ3v) is 2.91. The zero-order valence-corrected chi connectivity index (χ0v) is 12.2. The number of rotatable bonds is 7. The van der Waals surface area contributed by atoms with Gasteiger partial charge in [0.05, 0.1) is 18.0 Å². The van der Waals surface area contributed by atoms with Crippen LogP contribution >= 0.6 is 0 Å². The second-order valence-electron chi connectivity index (χ2n) is 4.40. The fourth-order valence-electron chi connectivity index (χ4n) is 1.85. The molecule has 0 atom stereocenters. The molecule has 5 nitrogen and oxygen atoms in total. The summed E-state index contributed by atoms with van der Waals surface area (Å²) < 4.78 is 5.47. The number of nitrogens with one attached hydrogen (secondary N) is 2. The highest BCUT2D eigenvalue weighted by Gasteiger charge is 2.09. The van der Waals surface area contributed by atoms with Crippen LogP contribution in [0.4, 0.5) is 5.69 Å². The van der Waals surface area contributed by atoms with Crippen LogP contribution in [0, 0.1) is 5.41 Å².